The van der Waals surface area contributed by atoms with Crippen molar-refractivity contribution >= 4 is 34.6 Å². The molecule has 0 radical (unpaired) electrons. The van der Waals surface area contributed by atoms with Gasteiger partial charge in [-0.25, -0.2) is 4.98 Å². The Kier molecular flexibility index (Phi) is 6.81. The fraction of sp³-hybridized carbons (Fsp3) is 0.217. The number of non-ortho nitro benzene ring substituents is 1. The molecule has 0 unspecified atom stereocenters. The first-order chi connectivity index (χ1) is 14.9. The van der Waals surface area contributed by atoms with Crippen molar-refractivity contribution in [3.8, 4) is 11.5 Å². The summed E-state index contributed by atoms with van der Waals surface area (Å²) < 4.78 is 11.3. The molecule has 1 heterocycles. The molecule has 1 amide bonds. The fourth-order valence-electron chi connectivity index (χ4n) is 2.87. The molecule has 0 spiro atoms. The van der Waals surface area contributed by atoms with Crippen molar-refractivity contribution < 1.29 is 19.2 Å². The molecule has 3 rings (SSSR count). The topological polar surface area (TPSA) is 94.8 Å². The Bertz CT molecular complexity index is 1140. The highest BCUT2D eigenvalue weighted by atomic mass is 16.6. The number of hydrogen-bond acceptors (Lipinski definition) is 6. The van der Waals surface area contributed by atoms with Crippen LogP contribution in [-0.2, 0) is 4.79 Å². The summed E-state index contributed by atoms with van der Waals surface area (Å²) in [5.74, 6) is 0.887. The van der Waals surface area contributed by atoms with Crippen LogP contribution >= 0.6 is 0 Å². The van der Waals surface area contributed by atoms with E-state index in [2.05, 4.69) is 4.98 Å². The van der Waals surface area contributed by atoms with Gasteiger partial charge in [-0.2, -0.15) is 0 Å². The van der Waals surface area contributed by atoms with Crippen molar-refractivity contribution in [2.24, 2.45) is 0 Å². The van der Waals surface area contributed by atoms with Gasteiger partial charge in [-0.05, 0) is 48.9 Å². The van der Waals surface area contributed by atoms with Gasteiger partial charge in [0.15, 0.2) is 18.1 Å². The first-order valence-corrected chi connectivity index (χ1v) is 9.71. The van der Waals surface area contributed by atoms with E-state index in [4.69, 9.17) is 9.47 Å². The highest BCUT2D eigenvalue weighted by Crippen LogP contribution is 2.30. The molecule has 0 atom stereocenters. The second kappa shape index (κ2) is 9.71. The molecule has 2 aromatic carbocycles. The molecule has 1 aromatic heterocycles. The molecule has 0 fully saturated rings. The summed E-state index contributed by atoms with van der Waals surface area (Å²) in [5.41, 5.74) is 2.12. The van der Waals surface area contributed by atoms with Crippen LogP contribution in [0.5, 0.6) is 11.5 Å². The van der Waals surface area contributed by atoms with E-state index in [1.807, 2.05) is 31.2 Å². The van der Waals surface area contributed by atoms with E-state index >= 15 is 0 Å². The minimum atomic E-state index is -0.412. The second-order valence-corrected chi connectivity index (χ2v) is 6.89. The summed E-state index contributed by atoms with van der Waals surface area (Å²) >= 11 is 0. The van der Waals surface area contributed by atoms with Gasteiger partial charge in [-0.15, -0.1) is 0 Å². The van der Waals surface area contributed by atoms with Crippen LogP contribution in [0.15, 0.2) is 48.5 Å². The van der Waals surface area contributed by atoms with E-state index in [1.54, 1.807) is 44.4 Å². The zero-order valence-electron chi connectivity index (χ0n) is 17.6. The quantitative estimate of drug-likeness (QED) is 0.400. The number of nitrogens with zero attached hydrogens (tertiary/aromatic N) is 3. The molecule has 31 heavy (non-hydrogen) atoms. The number of rotatable bonds is 8. The number of nitro benzene ring substituents is 1. The van der Waals surface area contributed by atoms with Crippen LogP contribution in [0, 0.1) is 10.1 Å². The third-order valence-corrected chi connectivity index (χ3v) is 4.49. The Balaban J connectivity index is 1.82. The van der Waals surface area contributed by atoms with Crippen molar-refractivity contribution in [1.82, 2.24) is 9.88 Å². The van der Waals surface area contributed by atoms with Crippen molar-refractivity contribution in [3.63, 3.8) is 0 Å². The van der Waals surface area contributed by atoms with Crippen LogP contribution in [0.1, 0.15) is 18.2 Å². The maximum atomic E-state index is 11.8. The van der Waals surface area contributed by atoms with Gasteiger partial charge in [0.25, 0.3) is 11.6 Å². The molecule has 8 nitrogen and oxygen atoms in total. The van der Waals surface area contributed by atoms with Crippen LogP contribution < -0.4 is 9.47 Å². The highest BCUT2D eigenvalue weighted by Gasteiger charge is 2.12. The molecule has 0 saturated carbocycles. The Morgan fingerprint density at radius 3 is 2.61 bits per heavy atom. The number of ether oxygens (including phenoxy) is 2. The van der Waals surface area contributed by atoms with Gasteiger partial charge in [-0.3, -0.25) is 14.9 Å². The zero-order chi connectivity index (χ0) is 22.4. The number of benzene rings is 2. The number of likely N-dealkylation sites (N-methyl/N-ethyl adjacent to an activating group) is 1. The molecular formula is C23H23N3O5. The number of hydrogen-bond donors (Lipinski definition) is 0. The van der Waals surface area contributed by atoms with E-state index < -0.39 is 4.92 Å². The molecule has 0 saturated heterocycles. The minimum Gasteiger partial charge on any atom is -0.490 e. The number of carbonyl (C=O) groups excluding carboxylic acids is 1. The van der Waals surface area contributed by atoms with Gasteiger partial charge < -0.3 is 14.4 Å². The number of nitro groups is 1. The Morgan fingerprint density at radius 2 is 1.90 bits per heavy atom. The maximum absolute atomic E-state index is 11.8. The summed E-state index contributed by atoms with van der Waals surface area (Å²) in [4.78, 5) is 28.5. The van der Waals surface area contributed by atoms with E-state index in [9.17, 15) is 14.9 Å². The van der Waals surface area contributed by atoms with Crippen LogP contribution in [0.2, 0.25) is 0 Å². The first kappa shape index (κ1) is 21.8. The second-order valence-electron chi connectivity index (χ2n) is 6.89. The normalized spacial score (nSPS) is 10.9. The third-order valence-electron chi connectivity index (χ3n) is 4.49. The maximum Gasteiger partial charge on any atom is 0.278 e. The van der Waals surface area contributed by atoms with E-state index in [0.717, 1.165) is 5.56 Å². The highest BCUT2D eigenvalue weighted by molar-refractivity contribution is 5.89. The van der Waals surface area contributed by atoms with Gasteiger partial charge in [-0.1, -0.05) is 18.2 Å². The fourth-order valence-corrected chi connectivity index (χ4v) is 2.87. The van der Waals surface area contributed by atoms with Gasteiger partial charge >= 0.3 is 0 Å². The zero-order valence-corrected chi connectivity index (χ0v) is 17.6. The number of pyridine rings is 1. The summed E-state index contributed by atoms with van der Waals surface area (Å²) in [5, 5.41) is 11.7. The predicted molar refractivity (Wildman–Crippen MR) is 119 cm³/mol. The van der Waals surface area contributed by atoms with E-state index in [0.29, 0.717) is 34.7 Å². The average Bonchev–Trinajstić information content (AvgIpc) is 2.76. The van der Waals surface area contributed by atoms with E-state index in [1.165, 1.54) is 11.0 Å². The molecule has 0 aliphatic carbocycles. The molecule has 160 valence electrons. The lowest BCUT2D eigenvalue weighted by Crippen LogP contribution is -2.27. The Labute approximate surface area is 179 Å². The number of carbonyl (C=O) groups is 1. The molecule has 0 bridgehead atoms. The summed E-state index contributed by atoms with van der Waals surface area (Å²) in [6.45, 7) is 2.25. The van der Waals surface area contributed by atoms with Crippen molar-refractivity contribution in [2.75, 3.05) is 27.3 Å². The Hall–Kier alpha value is -3.94. The SMILES string of the molecule is CCOc1cc(/C=C/c2ccc3c([N+](=O)[O-])cccc3n2)ccc1OCC(=O)N(C)C. The predicted octanol–water partition coefficient (Wildman–Crippen LogP) is 4.18. The monoisotopic (exact) mass is 421 g/mol. The minimum absolute atomic E-state index is 0.0326. The van der Waals surface area contributed by atoms with Gasteiger partial charge in [0, 0.05) is 20.2 Å². The Morgan fingerprint density at radius 1 is 1.10 bits per heavy atom. The molecule has 0 aliphatic rings. The summed E-state index contributed by atoms with van der Waals surface area (Å²) in [7, 11) is 3.34. The lowest BCUT2D eigenvalue weighted by atomic mass is 10.1. The largest absolute Gasteiger partial charge is 0.490 e. The summed E-state index contributed by atoms with van der Waals surface area (Å²) in [6, 6.07) is 13.7. The lowest BCUT2D eigenvalue weighted by molar-refractivity contribution is -0.383. The number of amides is 1. The number of fused-ring (bicyclic) bond motifs is 1. The van der Waals surface area contributed by atoms with Crippen LogP contribution in [0.4, 0.5) is 5.69 Å². The molecule has 3 aromatic rings. The smallest absolute Gasteiger partial charge is 0.278 e. The van der Waals surface area contributed by atoms with Crippen LogP contribution in [-0.4, -0.2) is 48.0 Å². The van der Waals surface area contributed by atoms with Crippen molar-refractivity contribution in [1.29, 1.82) is 0 Å². The third kappa shape index (κ3) is 5.36. The molecule has 8 heteroatoms. The van der Waals surface area contributed by atoms with Gasteiger partial charge in [0.1, 0.15) is 0 Å². The van der Waals surface area contributed by atoms with Gasteiger partial charge in [0.05, 0.1) is 28.1 Å². The van der Waals surface area contributed by atoms with Crippen LogP contribution in [0.3, 0.4) is 0 Å². The first-order valence-electron chi connectivity index (χ1n) is 9.71. The molecular weight excluding hydrogens is 398 g/mol. The molecule has 0 N–H and O–H groups in total. The van der Waals surface area contributed by atoms with Crippen molar-refractivity contribution in [2.45, 2.75) is 6.92 Å². The van der Waals surface area contributed by atoms with Gasteiger partial charge in [0.2, 0.25) is 0 Å². The lowest BCUT2D eigenvalue weighted by Gasteiger charge is -2.14. The molecule has 0 aliphatic heterocycles. The van der Waals surface area contributed by atoms with Crippen molar-refractivity contribution in [3.05, 3.63) is 69.9 Å². The summed E-state index contributed by atoms with van der Waals surface area (Å²) in [6.07, 6.45) is 3.68. The number of aromatic nitrogens is 1. The van der Waals surface area contributed by atoms with Crippen LogP contribution in [0.25, 0.3) is 23.1 Å². The standard InChI is InChI=1S/C23H23N3O5/c1-4-30-22-14-16(9-13-21(22)31-15-23(27)25(2)3)8-10-17-11-12-18-19(24-17)6-5-7-20(18)26(28)29/h5-14H,4,15H2,1-3H3/b10-8+. The average molecular weight is 421 g/mol. The van der Waals surface area contributed by atoms with E-state index in [-0.39, 0.29) is 18.2 Å².